The zero-order valence-electron chi connectivity index (χ0n) is 12.0. The number of aryl methyl sites for hydroxylation is 1. The Labute approximate surface area is 127 Å². The number of rotatable bonds is 2. The van der Waals surface area contributed by atoms with Crippen LogP contribution in [0.4, 0.5) is 13.2 Å². The molecule has 0 aliphatic rings. The lowest BCUT2D eigenvalue weighted by Gasteiger charge is -2.09. The molecule has 0 aromatic carbocycles. The average Bonchev–Trinajstić information content (AvgIpc) is 3.06. The quantitative estimate of drug-likeness (QED) is 0.673. The van der Waals surface area contributed by atoms with Gasteiger partial charge >= 0.3 is 12.1 Å². The molecule has 0 unspecified atom stereocenters. The molecule has 0 amide bonds. The van der Waals surface area contributed by atoms with Gasteiger partial charge in [-0.3, -0.25) is 14.1 Å². The summed E-state index contributed by atoms with van der Waals surface area (Å²) in [6, 6.07) is 0. The normalized spacial score (nSPS) is 11.9. The van der Waals surface area contributed by atoms with Crippen molar-refractivity contribution in [3.63, 3.8) is 0 Å². The van der Waals surface area contributed by atoms with Crippen molar-refractivity contribution < 1.29 is 22.7 Å². The van der Waals surface area contributed by atoms with Crippen LogP contribution in [0.3, 0.4) is 0 Å². The summed E-state index contributed by atoms with van der Waals surface area (Å²) >= 11 is 0. The number of ether oxygens (including phenoxy) is 1. The maximum atomic E-state index is 13.5. The van der Waals surface area contributed by atoms with Gasteiger partial charge in [-0.05, 0) is 0 Å². The van der Waals surface area contributed by atoms with Crippen molar-refractivity contribution in [3.05, 3.63) is 36.0 Å². The molecule has 3 aromatic rings. The number of fused-ring (bicyclic) bond motifs is 1. The molecule has 0 bridgehead atoms. The zero-order valence-corrected chi connectivity index (χ0v) is 12.0. The van der Waals surface area contributed by atoms with Crippen LogP contribution in [0.25, 0.3) is 17.0 Å². The van der Waals surface area contributed by atoms with Gasteiger partial charge in [0.05, 0.1) is 25.2 Å². The van der Waals surface area contributed by atoms with Crippen molar-refractivity contribution in [1.29, 1.82) is 0 Å². The summed E-state index contributed by atoms with van der Waals surface area (Å²) in [5.74, 6) is -1.12. The number of carbonyl (C=O) groups excluding carboxylic acids is 1. The van der Waals surface area contributed by atoms with E-state index in [0.29, 0.717) is 5.65 Å². The first-order valence-electron chi connectivity index (χ1n) is 6.34. The van der Waals surface area contributed by atoms with E-state index in [-0.39, 0.29) is 5.69 Å². The zero-order chi connectivity index (χ0) is 16.8. The van der Waals surface area contributed by atoms with Gasteiger partial charge in [0.1, 0.15) is 11.3 Å². The molecule has 0 atom stereocenters. The summed E-state index contributed by atoms with van der Waals surface area (Å²) in [4.78, 5) is 19.6. The number of carbonyl (C=O) groups is 1. The second-order valence-electron chi connectivity index (χ2n) is 4.63. The van der Waals surface area contributed by atoms with Crippen LogP contribution in [0.15, 0.2) is 24.8 Å². The van der Waals surface area contributed by atoms with Gasteiger partial charge in [0.25, 0.3) is 0 Å². The topological polar surface area (TPSA) is 74.3 Å². The number of alkyl halides is 3. The molecule has 0 N–H and O–H groups in total. The third kappa shape index (κ3) is 2.31. The summed E-state index contributed by atoms with van der Waals surface area (Å²) in [6.07, 6.45) is 0.737. The predicted molar refractivity (Wildman–Crippen MR) is 71.5 cm³/mol. The van der Waals surface area contributed by atoms with Crippen LogP contribution in [0.5, 0.6) is 0 Å². The lowest BCUT2D eigenvalue weighted by Crippen LogP contribution is -2.16. The Morgan fingerprint density at radius 2 is 2.04 bits per heavy atom. The molecule has 3 rings (SSSR count). The number of nitrogens with zero attached hydrogens (tertiary/aromatic N) is 5. The van der Waals surface area contributed by atoms with Gasteiger partial charge in [0.2, 0.25) is 0 Å². The summed E-state index contributed by atoms with van der Waals surface area (Å²) < 4.78 is 47.2. The highest BCUT2D eigenvalue weighted by Crippen LogP contribution is 2.39. The molecule has 0 radical (unpaired) electrons. The third-order valence-corrected chi connectivity index (χ3v) is 3.27. The van der Waals surface area contributed by atoms with Gasteiger partial charge in [-0.25, -0.2) is 9.78 Å². The molecule has 7 nitrogen and oxygen atoms in total. The number of halogens is 3. The van der Waals surface area contributed by atoms with Crippen LogP contribution in [-0.2, 0) is 18.0 Å². The molecule has 0 aliphatic heterocycles. The summed E-state index contributed by atoms with van der Waals surface area (Å²) in [5, 5.41) is 3.85. The van der Waals surface area contributed by atoms with E-state index in [1.165, 1.54) is 36.2 Å². The van der Waals surface area contributed by atoms with E-state index in [1.54, 1.807) is 0 Å². The molecule has 0 aliphatic carbocycles. The van der Waals surface area contributed by atoms with Gasteiger partial charge in [-0.15, -0.1) is 0 Å². The Hall–Kier alpha value is -2.91. The fourth-order valence-electron chi connectivity index (χ4n) is 2.32. The Morgan fingerprint density at radius 3 is 2.70 bits per heavy atom. The largest absolute Gasteiger partial charge is 0.464 e. The Morgan fingerprint density at radius 1 is 1.30 bits per heavy atom. The minimum Gasteiger partial charge on any atom is -0.464 e. The molecule has 0 saturated carbocycles. The maximum absolute atomic E-state index is 13.5. The van der Waals surface area contributed by atoms with Crippen LogP contribution in [0.1, 0.15) is 16.1 Å². The minimum absolute atomic E-state index is 0.0977. The van der Waals surface area contributed by atoms with Crippen molar-refractivity contribution in [1.82, 2.24) is 24.1 Å². The predicted octanol–water partition coefficient (Wildman–Crippen LogP) is 1.94. The molecule has 0 fully saturated rings. The fraction of sp³-hybridized carbons (Fsp3) is 0.231. The van der Waals surface area contributed by atoms with Crippen LogP contribution in [-0.4, -0.2) is 37.2 Å². The first kappa shape index (κ1) is 15.0. The average molecular weight is 325 g/mol. The summed E-state index contributed by atoms with van der Waals surface area (Å²) in [7, 11) is 2.25. The highest BCUT2D eigenvalue weighted by atomic mass is 19.4. The van der Waals surface area contributed by atoms with Crippen molar-refractivity contribution >= 4 is 11.6 Å². The van der Waals surface area contributed by atoms with E-state index < -0.39 is 29.1 Å². The smallest absolute Gasteiger partial charge is 0.420 e. The summed E-state index contributed by atoms with van der Waals surface area (Å²) in [5.41, 5.74) is -1.77. The van der Waals surface area contributed by atoms with E-state index in [4.69, 9.17) is 0 Å². The minimum atomic E-state index is -4.79. The maximum Gasteiger partial charge on any atom is 0.420 e. The Bertz CT molecular complexity index is 897. The highest BCUT2D eigenvalue weighted by Gasteiger charge is 2.43. The molecule has 120 valence electrons. The Balaban J connectivity index is 2.34. The number of esters is 1. The van der Waals surface area contributed by atoms with Gasteiger partial charge < -0.3 is 4.74 Å². The van der Waals surface area contributed by atoms with Crippen LogP contribution in [0, 0.1) is 0 Å². The van der Waals surface area contributed by atoms with Crippen LogP contribution in [0.2, 0.25) is 0 Å². The fourth-order valence-corrected chi connectivity index (χ4v) is 2.32. The van der Waals surface area contributed by atoms with Crippen LogP contribution < -0.4 is 0 Å². The van der Waals surface area contributed by atoms with Crippen molar-refractivity contribution in [2.75, 3.05) is 7.11 Å². The number of imidazole rings is 1. The first-order chi connectivity index (χ1) is 10.8. The molecule has 10 heteroatoms. The van der Waals surface area contributed by atoms with Gasteiger partial charge in [-0.2, -0.15) is 18.3 Å². The van der Waals surface area contributed by atoms with Crippen molar-refractivity contribution in [2.24, 2.45) is 7.05 Å². The van der Waals surface area contributed by atoms with Gasteiger partial charge in [0, 0.05) is 19.4 Å². The van der Waals surface area contributed by atoms with Gasteiger partial charge in [-0.1, -0.05) is 0 Å². The standard InChI is InChI=1S/C13H10F3N5O2/c1-20-11(12(22)23-2)9(13(14,15)16)10(19-20)7-5-18-8-6-17-3-4-21(7)8/h3-6H,1-2H3. The van der Waals surface area contributed by atoms with E-state index in [0.717, 1.165) is 11.8 Å². The number of methoxy groups -OCH3 is 1. The lowest BCUT2D eigenvalue weighted by molar-refractivity contribution is -0.137. The molecule has 3 aromatic heterocycles. The third-order valence-electron chi connectivity index (χ3n) is 3.27. The van der Waals surface area contributed by atoms with Gasteiger partial charge in [0.15, 0.2) is 11.3 Å². The molecule has 0 spiro atoms. The number of aromatic nitrogens is 5. The second kappa shape index (κ2) is 5.07. The monoisotopic (exact) mass is 325 g/mol. The molecular weight excluding hydrogens is 315 g/mol. The molecule has 3 heterocycles. The number of hydrogen-bond acceptors (Lipinski definition) is 5. The lowest BCUT2D eigenvalue weighted by atomic mass is 10.1. The number of hydrogen-bond donors (Lipinski definition) is 0. The van der Waals surface area contributed by atoms with E-state index >= 15 is 0 Å². The van der Waals surface area contributed by atoms with E-state index in [2.05, 4.69) is 19.8 Å². The van der Waals surface area contributed by atoms with E-state index in [1.807, 2.05) is 0 Å². The first-order valence-corrected chi connectivity index (χ1v) is 6.34. The summed E-state index contributed by atoms with van der Waals surface area (Å²) in [6.45, 7) is 0. The SMILES string of the molecule is COC(=O)c1c(C(F)(F)F)c(-c2cnc3cnccn23)nn1C. The second-order valence-corrected chi connectivity index (χ2v) is 4.63. The molecular formula is C13H10F3N5O2. The van der Waals surface area contributed by atoms with Crippen molar-refractivity contribution in [2.45, 2.75) is 6.18 Å². The molecule has 0 saturated heterocycles. The highest BCUT2D eigenvalue weighted by molar-refractivity contribution is 5.91. The van der Waals surface area contributed by atoms with E-state index in [9.17, 15) is 18.0 Å². The molecule has 23 heavy (non-hydrogen) atoms. The van der Waals surface area contributed by atoms with Crippen molar-refractivity contribution in [3.8, 4) is 11.4 Å². The Kier molecular flexibility index (Phi) is 3.31. The van der Waals surface area contributed by atoms with Crippen LogP contribution >= 0.6 is 0 Å².